The lowest BCUT2D eigenvalue weighted by Crippen LogP contribution is -2.45. The first-order valence-corrected chi connectivity index (χ1v) is 29.9. The van der Waals surface area contributed by atoms with Crippen LogP contribution in [0.4, 0.5) is 0 Å². The zero-order chi connectivity index (χ0) is 49.3. The average Bonchev–Trinajstić information content (AvgIpc) is 3.34. The fourth-order valence-electron chi connectivity index (χ4n) is 8.95. The van der Waals surface area contributed by atoms with E-state index in [0.29, 0.717) is 19.4 Å². The molecule has 0 heterocycles. The highest BCUT2D eigenvalue weighted by molar-refractivity contribution is 5.76. The lowest BCUT2D eigenvalue weighted by atomic mass is 10.0. The van der Waals surface area contributed by atoms with Crippen molar-refractivity contribution < 1.29 is 24.5 Å². The minimum Gasteiger partial charge on any atom is -0.466 e. The van der Waals surface area contributed by atoms with Gasteiger partial charge in [0.15, 0.2) is 0 Å². The van der Waals surface area contributed by atoms with E-state index in [4.69, 9.17) is 4.74 Å². The Morgan fingerprint density at radius 1 is 0.412 bits per heavy atom. The quantitative estimate of drug-likeness (QED) is 0.0321. The average molecular weight is 955 g/mol. The van der Waals surface area contributed by atoms with Crippen LogP contribution >= 0.6 is 0 Å². The molecule has 0 aromatic carbocycles. The molecular weight excluding hydrogens is 839 g/mol. The maximum Gasteiger partial charge on any atom is 0.305 e. The molecular formula is C62H115NO5. The van der Waals surface area contributed by atoms with Gasteiger partial charge in [0.1, 0.15) is 0 Å². The number of ether oxygens (including phenoxy) is 1. The van der Waals surface area contributed by atoms with Gasteiger partial charge >= 0.3 is 5.97 Å². The largest absolute Gasteiger partial charge is 0.466 e. The molecule has 6 heteroatoms. The number of esters is 1. The Bertz CT molecular complexity index is 1150. The third kappa shape index (κ3) is 53.2. The fraction of sp³-hybridized carbons (Fsp3) is 0.839. The van der Waals surface area contributed by atoms with Crippen LogP contribution in [0.3, 0.4) is 0 Å². The molecule has 68 heavy (non-hydrogen) atoms. The van der Waals surface area contributed by atoms with Crippen LogP contribution in [-0.2, 0) is 14.3 Å². The predicted molar refractivity (Wildman–Crippen MR) is 296 cm³/mol. The van der Waals surface area contributed by atoms with Gasteiger partial charge in [0.2, 0.25) is 5.91 Å². The van der Waals surface area contributed by atoms with Gasteiger partial charge in [-0.25, -0.2) is 0 Å². The molecule has 2 unspecified atom stereocenters. The molecule has 0 aromatic heterocycles. The smallest absolute Gasteiger partial charge is 0.305 e. The van der Waals surface area contributed by atoms with Crippen molar-refractivity contribution in [2.24, 2.45) is 0 Å². The lowest BCUT2D eigenvalue weighted by Gasteiger charge is -2.19. The van der Waals surface area contributed by atoms with Crippen LogP contribution in [0.1, 0.15) is 309 Å². The number of carbonyl (C=O) groups excluding carboxylic acids is 2. The van der Waals surface area contributed by atoms with Crippen molar-refractivity contribution in [1.29, 1.82) is 0 Å². The fourth-order valence-corrected chi connectivity index (χ4v) is 8.95. The molecule has 0 aliphatic carbocycles. The van der Waals surface area contributed by atoms with Crippen LogP contribution in [0, 0.1) is 0 Å². The normalized spacial score (nSPS) is 12.9. The van der Waals surface area contributed by atoms with Gasteiger partial charge in [0, 0.05) is 12.8 Å². The van der Waals surface area contributed by atoms with E-state index in [0.717, 1.165) is 77.0 Å². The SMILES string of the molecule is CCCCC/C=C\C/C=C\CCCCCCCCCC(=O)OCCCCCCCC/C=C\CCCCCC(=O)NC(CO)C(O)/C=C/CCCCCCCCCCCCCCCCCCCCC. The number of amides is 1. The third-order valence-corrected chi connectivity index (χ3v) is 13.6. The van der Waals surface area contributed by atoms with E-state index in [9.17, 15) is 19.8 Å². The minimum absolute atomic E-state index is 0.0218. The van der Waals surface area contributed by atoms with Gasteiger partial charge in [-0.1, -0.05) is 255 Å². The summed E-state index contributed by atoms with van der Waals surface area (Å²) in [5, 5.41) is 23.2. The van der Waals surface area contributed by atoms with Crippen molar-refractivity contribution >= 4 is 11.9 Å². The number of carbonyl (C=O) groups is 2. The van der Waals surface area contributed by atoms with E-state index in [1.165, 1.54) is 205 Å². The van der Waals surface area contributed by atoms with E-state index in [1.54, 1.807) is 6.08 Å². The first kappa shape index (κ1) is 65.8. The zero-order valence-corrected chi connectivity index (χ0v) is 45.3. The molecule has 0 rings (SSSR count). The van der Waals surface area contributed by atoms with Crippen LogP contribution in [0.15, 0.2) is 48.6 Å². The van der Waals surface area contributed by atoms with Crippen molar-refractivity contribution in [3.8, 4) is 0 Å². The van der Waals surface area contributed by atoms with Gasteiger partial charge in [0.05, 0.1) is 25.4 Å². The van der Waals surface area contributed by atoms with Crippen LogP contribution < -0.4 is 5.32 Å². The maximum atomic E-state index is 12.5. The molecule has 0 aliphatic heterocycles. The summed E-state index contributed by atoms with van der Waals surface area (Å²) in [5.74, 6) is -0.119. The first-order valence-electron chi connectivity index (χ1n) is 29.9. The van der Waals surface area contributed by atoms with Crippen molar-refractivity contribution in [3.63, 3.8) is 0 Å². The van der Waals surface area contributed by atoms with Crippen LogP contribution in [0.2, 0.25) is 0 Å². The van der Waals surface area contributed by atoms with Crippen molar-refractivity contribution in [2.75, 3.05) is 13.2 Å². The Labute approximate surface area is 423 Å². The van der Waals surface area contributed by atoms with E-state index >= 15 is 0 Å². The summed E-state index contributed by atoms with van der Waals surface area (Å²) in [4.78, 5) is 24.5. The summed E-state index contributed by atoms with van der Waals surface area (Å²) in [7, 11) is 0. The number of aliphatic hydroxyl groups is 2. The number of hydrogen-bond acceptors (Lipinski definition) is 5. The van der Waals surface area contributed by atoms with Gasteiger partial charge in [-0.3, -0.25) is 9.59 Å². The molecule has 398 valence electrons. The van der Waals surface area contributed by atoms with Crippen molar-refractivity contribution in [2.45, 2.75) is 321 Å². The minimum atomic E-state index is -0.864. The summed E-state index contributed by atoms with van der Waals surface area (Å²) < 4.78 is 5.47. The standard InChI is InChI=1S/C62H115NO5/c1-3-5-7-9-11-13-15-17-19-21-22-23-24-26-27-30-34-38-42-46-50-54-60(65)59(58-64)63-61(66)55-51-47-43-39-35-31-29-33-37-41-45-49-53-57-68-62(67)56-52-48-44-40-36-32-28-25-20-18-16-14-12-10-8-6-4-2/h12,14,18,20,31,35,50,54,59-60,64-65H,3-11,13,15-17,19,21-30,32-34,36-49,51-53,55-58H2,1-2H3,(H,63,66)/b14-12-,20-18-,35-31-,54-50+. The highest BCUT2D eigenvalue weighted by atomic mass is 16.5. The highest BCUT2D eigenvalue weighted by Crippen LogP contribution is 2.16. The summed E-state index contributed by atoms with van der Waals surface area (Å²) in [6.45, 7) is 4.84. The second-order valence-corrected chi connectivity index (χ2v) is 20.3. The van der Waals surface area contributed by atoms with Gasteiger partial charge in [-0.15, -0.1) is 0 Å². The molecule has 3 N–H and O–H groups in total. The van der Waals surface area contributed by atoms with E-state index in [2.05, 4.69) is 55.6 Å². The molecule has 0 fully saturated rings. The molecule has 0 radical (unpaired) electrons. The Morgan fingerprint density at radius 3 is 1.18 bits per heavy atom. The first-order chi connectivity index (χ1) is 33.5. The second-order valence-electron chi connectivity index (χ2n) is 20.3. The Balaban J connectivity index is 3.53. The second kappa shape index (κ2) is 57.4. The third-order valence-electron chi connectivity index (χ3n) is 13.6. The topological polar surface area (TPSA) is 95.9 Å². The highest BCUT2D eigenvalue weighted by Gasteiger charge is 2.18. The summed E-state index contributed by atoms with van der Waals surface area (Å²) >= 11 is 0. The number of rotatable bonds is 55. The maximum absolute atomic E-state index is 12.5. The van der Waals surface area contributed by atoms with Gasteiger partial charge < -0.3 is 20.3 Å². The Morgan fingerprint density at radius 2 is 0.735 bits per heavy atom. The number of unbranched alkanes of at least 4 members (excludes halogenated alkanes) is 38. The molecule has 0 saturated heterocycles. The van der Waals surface area contributed by atoms with Crippen LogP contribution in [0.25, 0.3) is 0 Å². The monoisotopic (exact) mass is 954 g/mol. The van der Waals surface area contributed by atoms with Gasteiger partial charge in [0.25, 0.3) is 0 Å². The van der Waals surface area contributed by atoms with Crippen LogP contribution in [0.5, 0.6) is 0 Å². The number of hydrogen-bond donors (Lipinski definition) is 3. The van der Waals surface area contributed by atoms with Crippen LogP contribution in [-0.4, -0.2) is 47.4 Å². The summed E-state index contributed by atoms with van der Waals surface area (Å²) in [6.07, 6.45) is 72.8. The van der Waals surface area contributed by atoms with E-state index < -0.39 is 12.1 Å². The summed E-state index contributed by atoms with van der Waals surface area (Å²) in [5.41, 5.74) is 0. The van der Waals surface area contributed by atoms with Gasteiger partial charge in [-0.05, 0) is 89.9 Å². The summed E-state index contributed by atoms with van der Waals surface area (Å²) in [6, 6.07) is -0.650. The molecule has 6 nitrogen and oxygen atoms in total. The molecule has 1 amide bonds. The number of aliphatic hydroxyl groups excluding tert-OH is 2. The van der Waals surface area contributed by atoms with E-state index in [-0.39, 0.29) is 18.5 Å². The molecule has 2 atom stereocenters. The van der Waals surface area contributed by atoms with E-state index in [1.807, 2.05) is 6.08 Å². The predicted octanol–water partition coefficient (Wildman–Crippen LogP) is 18.6. The lowest BCUT2D eigenvalue weighted by molar-refractivity contribution is -0.143. The number of allylic oxidation sites excluding steroid dienone is 7. The van der Waals surface area contributed by atoms with Gasteiger partial charge in [-0.2, -0.15) is 0 Å². The zero-order valence-electron chi connectivity index (χ0n) is 45.3. The van der Waals surface area contributed by atoms with Crippen molar-refractivity contribution in [1.82, 2.24) is 5.32 Å². The molecule has 0 aromatic rings. The Hall–Kier alpha value is -2.18. The number of nitrogens with one attached hydrogen (secondary N) is 1. The molecule has 0 spiro atoms. The molecule has 0 saturated carbocycles. The van der Waals surface area contributed by atoms with Crippen molar-refractivity contribution in [3.05, 3.63) is 48.6 Å². The molecule has 0 aliphatic rings. The Kier molecular flexibility index (Phi) is 55.6. The molecule has 0 bridgehead atoms.